The van der Waals surface area contributed by atoms with Crippen LogP contribution in [0.1, 0.15) is 24.2 Å². The fraction of sp³-hybridized carbons (Fsp3) is 0.241. The normalized spacial score (nSPS) is 17.0. The molecule has 0 atom stereocenters. The summed E-state index contributed by atoms with van der Waals surface area (Å²) >= 11 is 0.861. The smallest absolute Gasteiger partial charge is 0.290 e. The van der Waals surface area contributed by atoms with Gasteiger partial charge in [0.2, 0.25) is 17.8 Å². The minimum atomic E-state index is -0.883. The maximum absolute atomic E-state index is 13.8. The number of pyridine rings is 2. The van der Waals surface area contributed by atoms with Gasteiger partial charge in [0.1, 0.15) is 0 Å². The van der Waals surface area contributed by atoms with E-state index in [9.17, 15) is 18.4 Å². The molecular weight excluding hydrogens is 548 g/mol. The largest absolute Gasteiger partial charge is 0.341 e. The maximum Gasteiger partial charge on any atom is 0.290 e. The number of benzene rings is 1. The minimum Gasteiger partial charge on any atom is -0.341 e. The number of imide groups is 1. The van der Waals surface area contributed by atoms with E-state index >= 15 is 0 Å². The second kappa shape index (κ2) is 11.7. The molecule has 3 aromatic heterocycles. The molecule has 2 saturated heterocycles. The summed E-state index contributed by atoms with van der Waals surface area (Å²) in [6, 6.07) is 13.7. The lowest BCUT2D eigenvalue weighted by atomic mass is 9.97. The van der Waals surface area contributed by atoms with Gasteiger partial charge in [-0.1, -0.05) is 24.3 Å². The van der Waals surface area contributed by atoms with E-state index in [-0.39, 0.29) is 5.24 Å². The Hall–Kier alpha value is -4.29. The first-order valence-electron chi connectivity index (χ1n) is 13.2. The number of rotatable bonds is 7. The highest BCUT2D eigenvalue weighted by atomic mass is 32.2. The number of hydrogen-bond donors (Lipinski definition) is 2. The molecule has 0 spiro atoms. The van der Waals surface area contributed by atoms with Crippen LogP contribution in [0.25, 0.3) is 28.1 Å². The van der Waals surface area contributed by atoms with E-state index in [2.05, 4.69) is 30.5 Å². The number of aromatic nitrogens is 4. The number of halogens is 2. The van der Waals surface area contributed by atoms with Crippen molar-refractivity contribution in [1.82, 2.24) is 30.6 Å². The third kappa shape index (κ3) is 6.23. The fourth-order valence-corrected chi connectivity index (χ4v) is 5.71. The molecule has 0 bridgehead atoms. The Morgan fingerprint density at radius 1 is 1.02 bits per heavy atom. The van der Waals surface area contributed by atoms with Crippen LogP contribution in [0.5, 0.6) is 0 Å². The number of amides is 2. The monoisotopic (exact) mass is 573 g/mol. The van der Waals surface area contributed by atoms with Crippen molar-refractivity contribution in [2.45, 2.75) is 19.4 Å². The predicted molar refractivity (Wildman–Crippen MR) is 153 cm³/mol. The summed E-state index contributed by atoms with van der Waals surface area (Å²) in [5, 5.41) is 7.31. The molecule has 2 aliphatic rings. The van der Waals surface area contributed by atoms with Gasteiger partial charge in [0.25, 0.3) is 11.1 Å². The van der Waals surface area contributed by atoms with Crippen LogP contribution in [0.3, 0.4) is 0 Å². The molecule has 1 aromatic carbocycles. The Kier molecular flexibility index (Phi) is 7.66. The van der Waals surface area contributed by atoms with E-state index in [0.29, 0.717) is 40.3 Å². The summed E-state index contributed by atoms with van der Waals surface area (Å²) in [7, 11) is 0. The van der Waals surface area contributed by atoms with E-state index in [1.54, 1.807) is 18.3 Å². The van der Waals surface area contributed by atoms with Crippen molar-refractivity contribution in [3.63, 3.8) is 0 Å². The number of nitrogens with one attached hydrogen (secondary N) is 2. The molecule has 4 aromatic rings. The van der Waals surface area contributed by atoms with Crippen LogP contribution in [0.4, 0.5) is 19.5 Å². The maximum atomic E-state index is 13.8. The number of nitrogens with zero attached hydrogens (tertiary/aromatic N) is 5. The molecule has 41 heavy (non-hydrogen) atoms. The molecule has 5 heterocycles. The zero-order valence-electron chi connectivity index (χ0n) is 21.8. The van der Waals surface area contributed by atoms with Crippen molar-refractivity contribution in [2.24, 2.45) is 5.92 Å². The average Bonchev–Trinajstić information content (AvgIpc) is 3.28. The third-order valence-electron chi connectivity index (χ3n) is 7.09. The van der Waals surface area contributed by atoms with Crippen LogP contribution in [-0.2, 0) is 11.3 Å². The molecule has 12 heteroatoms. The van der Waals surface area contributed by atoms with Crippen LogP contribution >= 0.6 is 11.8 Å². The molecule has 208 valence electrons. The molecule has 0 unspecified atom stereocenters. The second-order valence-corrected chi connectivity index (χ2v) is 10.9. The average molecular weight is 574 g/mol. The lowest BCUT2D eigenvalue weighted by Gasteiger charge is -2.32. The molecule has 2 amide bonds. The van der Waals surface area contributed by atoms with Crippen LogP contribution < -0.4 is 15.5 Å². The van der Waals surface area contributed by atoms with Crippen LogP contribution in [0.15, 0.2) is 59.6 Å². The van der Waals surface area contributed by atoms with Crippen molar-refractivity contribution in [2.75, 3.05) is 24.5 Å². The molecular formula is C29H25F2N7O2S. The van der Waals surface area contributed by atoms with Gasteiger partial charge in [0, 0.05) is 48.9 Å². The Morgan fingerprint density at radius 3 is 2.56 bits per heavy atom. The summed E-state index contributed by atoms with van der Waals surface area (Å²) in [5.74, 6) is -1.14. The number of carbonyl (C=O) groups excluding carboxylic acids is 2. The summed E-state index contributed by atoms with van der Waals surface area (Å²) < 4.78 is 27.5. The zero-order valence-corrected chi connectivity index (χ0v) is 22.6. The van der Waals surface area contributed by atoms with Gasteiger partial charge in [-0.2, -0.15) is 13.8 Å². The lowest BCUT2D eigenvalue weighted by Crippen LogP contribution is -2.38. The van der Waals surface area contributed by atoms with Crippen LogP contribution in [0, 0.1) is 17.8 Å². The summed E-state index contributed by atoms with van der Waals surface area (Å²) in [5.41, 5.74) is 2.22. The Morgan fingerprint density at radius 2 is 1.80 bits per heavy atom. The minimum absolute atomic E-state index is 0.317. The first-order chi connectivity index (χ1) is 19.9. The summed E-state index contributed by atoms with van der Waals surface area (Å²) in [4.78, 5) is 42.6. The number of hydrogen-bond acceptors (Lipinski definition) is 9. The van der Waals surface area contributed by atoms with Gasteiger partial charge in [-0.25, -0.2) is 9.97 Å². The Labute approximate surface area is 238 Å². The van der Waals surface area contributed by atoms with Crippen LogP contribution in [-0.4, -0.2) is 50.7 Å². The van der Waals surface area contributed by atoms with Crippen molar-refractivity contribution in [3.8, 4) is 11.3 Å². The van der Waals surface area contributed by atoms with E-state index < -0.39 is 17.8 Å². The SMILES string of the molecule is O=C1NC(=O)/C(=C/c2ccnc(N3CCC(CNCc4nc(-c5cc(F)nc(F)c5)cc5ccccc45)CC3)n2)S1. The molecule has 6 rings (SSSR count). The van der Waals surface area contributed by atoms with Crippen molar-refractivity contribution in [3.05, 3.63) is 82.9 Å². The Bertz CT molecular complexity index is 1650. The van der Waals surface area contributed by atoms with E-state index in [1.807, 2.05) is 30.3 Å². The van der Waals surface area contributed by atoms with Gasteiger partial charge in [0.15, 0.2) is 0 Å². The van der Waals surface area contributed by atoms with E-state index in [4.69, 9.17) is 4.98 Å². The fourth-order valence-electron chi connectivity index (χ4n) is 5.05. The molecule has 2 aliphatic heterocycles. The highest BCUT2D eigenvalue weighted by Crippen LogP contribution is 2.27. The third-order valence-corrected chi connectivity index (χ3v) is 7.90. The van der Waals surface area contributed by atoms with Gasteiger partial charge in [-0.15, -0.1) is 0 Å². The van der Waals surface area contributed by atoms with Gasteiger partial charge in [-0.3, -0.25) is 19.9 Å². The van der Waals surface area contributed by atoms with E-state index in [1.165, 1.54) is 12.1 Å². The standard InChI is InChI=1S/C29H25F2N7O2S/c30-25-12-19(13-26(31)36-25)22-11-18-3-1-2-4-21(18)23(35-22)16-32-15-17-6-9-38(10-7-17)28-33-8-5-20(34-28)14-24-27(39)37-29(40)41-24/h1-5,8,11-14,17,32H,6-7,9-10,15-16H2,(H,37,39,40)/b24-14-. The van der Waals surface area contributed by atoms with Gasteiger partial charge < -0.3 is 10.2 Å². The van der Waals surface area contributed by atoms with Crippen molar-refractivity contribution >= 4 is 45.7 Å². The number of fused-ring (bicyclic) bond motifs is 1. The first-order valence-corrected chi connectivity index (χ1v) is 14.0. The summed E-state index contributed by atoms with van der Waals surface area (Å²) in [6.45, 7) is 2.88. The number of anilines is 1. The lowest BCUT2D eigenvalue weighted by molar-refractivity contribution is -0.115. The molecule has 2 N–H and O–H groups in total. The predicted octanol–water partition coefficient (Wildman–Crippen LogP) is 4.70. The first kappa shape index (κ1) is 26.9. The number of piperidine rings is 1. The van der Waals surface area contributed by atoms with Gasteiger partial charge in [0.05, 0.1) is 22.0 Å². The number of thioether (sulfide) groups is 1. The summed E-state index contributed by atoms with van der Waals surface area (Å²) in [6.07, 6.45) is 5.14. The number of carbonyl (C=O) groups is 2. The van der Waals surface area contributed by atoms with Gasteiger partial charge >= 0.3 is 0 Å². The zero-order chi connectivity index (χ0) is 28.3. The topological polar surface area (TPSA) is 113 Å². The quantitative estimate of drug-likeness (QED) is 0.240. The van der Waals surface area contributed by atoms with E-state index in [0.717, 1.165) is 60.7 Å². The second-order valence-electron chi connectivity index (χ2n) is 9.87. The molecule has 0 saturated carbocycles. The molecule has 2 fully saturated rings. The van der Waals surface area contributed by atoms with Crippen molar-refractivity contribution < 1.29 is 18.4 Å². The molecule has 0 radical (unpaired) electrons. The molecule has 9 nitrogen and oxygen atoms in total. The van der Waals surface area contributed by atoms with Crippen molar-refractivity contribution in [1.29, 1.82) is 0 Å². The Balaban J connectivity index is 1.08. The highest BCUT2D eigenvalue weighted by Gasteiger charge is 2.26. The highest BCUT2D eigenvalue weighted by molar-refractivity contribution is 8.18. The van der Waals surface area contributed by atoms with Gasteiger partial charge in [-0.05, 0) is 60.7 Å². The van der Waals surface area contributed by atoms with Crippen LogP contribution in [0.2, 0.25) is 0 Å². The molecule has 0 aliphatic carbocycles.